The molecule has 0 saturated carbocycles. The molecule has 26 heavy (non-hydrogen) atoms. The molecular weight excluding hydrogens is 355 g/mol. The van der Waals surface area contributed by atoms with Crippen molar-refractivity contribution in [2.75, 3.05) is 5.73 Å². The van der Waals surface area contributed by atoms with E-state index in [-0.39, 0.29) is 17.1 Å². The number of aromatic nitrogens is 3. The molecule has 4 N–H and O–H groups in total. The monoisotopic (exact) mass is 370 g/mol. The van der Waals surface area contributed by atoms with E-state index in [4.69, 9.17) is 28.2 Å². The van der Waals surface area contributed by atoms with Gasteiger partial charge < -0.3 is 5.73 Å². The molecule has 0 fully saturated rings. The zero-order valence-corrected chi connectivity index (χ0v) is 14.7. The minimum atomic E-state index is -0.717. The highest BCUT2D eigenvalue weighted by molar-refractivity contribution is 6.30. The Morgan fingerprint density at radius 3 is 2.50 bits per heavy atom. The average molecular weight is 371 g/mol. The second-order valence-corrected chi connectivity index (χ2v) is 6.11. The van der Waals surface area contributed by atoms with Crippen molar-refractivity contribution in [3.05, 3.63) is 58.3 Å². The van der Waals surface area contributed by atoms with Gasteiger partial charge in [0.2, 0.25) is 5.95 Å². The van der Waals surface area contributed by atoms with Crippen LogP contribution in [-0.4, -0.2) is 20.9 Å². The van der Waals surface area contributed by atoms with Gasteiger partial charge >= 0.3 is 0 Å². The van der Waals surface area contributed by atoms with E-state index in [1.807, 2.05) is 0 Å². The first kappa shape index (κ1) is 17.8. The Morgan fingerprint density at radius 2 is 1.88 bits per heavy atom. The van der Waals surface area contributed by atoms with Gasteiger partial charge in [-0.3, -0.25) is 20.4 Å². The van der Waals surface area contributed by atoms with E-state index in [0.29, 0.717) is 33.1 Å². The molecule has 0 aliphatic carbocycles. The fourth-order valence-electron chi connectivity index (χ4n) is 2.74. The van der Waals surface area contributed by atoms with Crippen LogP contribution in [0.15, 0.2) is 36.4 Å². The van der Waals surface area contributed by atoms with Gasteiger partial charge in [-0.1, -0.05) is 23.7 Å². The number of nitrogen functional groups attached to an aromatic ring is 1. The number of nitrogens with two attached hydrogens (primary N) is 1. The van der Waals surface area contributed by atoms with Gasteiger partial charge in [0, 0.05) is 16.3 Å². The van der Waals surface area contributed by atoms with Gasteiger partial charge in [-0.25, -0.2) is 9.37 Å². The molecule has 3 aromatic rings. The summed E-state index contributed by atoms with van der Waals surface area (Å²) >= 11 is 5.96. The maximum absolute atomic E-state index is 13.2. The van der Waals surface area contributed by atoms with E-state index in [0.717, 1.165) is 10.9 Å². The predicted molar refractivity (Wildman–Crippen MR) is 99.9 cm³/mol. The lowest BCUT2D eigenvalue weighted by molar-refractivity contribution is 0.475. The molecule has 0 bridgehead atoms. The summed E-state index contributed by atoms with van der Waals surface area (Å²) in [5.74, 6) is 0.00944. The number of hydrogen-bond donors (Lipinski definition) is 3. The first-order chi connectivity index (χ1) is 12.4. The molecular formula is C18H16ClFN6. The highest BCUT2D eigenvalue weighted by Gasteiger charge is 2.17. The van der Waals surface area contributed by atoms with Gasteiger partial charge in [-0.05, 0) is 36.8 Å². The highest BCUT2D eigenvalue weighted by Crippen LogP contribution is 2.30. The normalized spacial score (nSPS) is 10.7. The first-order valence-electron chi connectivity index (χ1n) is 7.71. The summed E-state index contributed by atoms with van der Waals surface area (Å²) in [4.78, 5) is 8.51. The summed E-state index contributed by atoms with van der Waals surface area (Å²) in [5.41, 5.74) is 8.96. The first-order valence-corrected chi connectivity index (χ1v) is 8.09. The Morgan fingerprint density at radius 1 is 1.19 bits per heavy atom. The van der Waals surface area contributed by atoms with Crippen molar-refractivity contribution in [3.63, 3.8) is 0 Å². The molecule has 0 saturated heterocycles. The van der Waals surface area contributed by atoms with Crippen LogP contribution in [0.3, 0.4) is 0 Å². The Kier molecular flexibility index (Phi) is 4.81. The number of alkyl halides is 1. The number of pyridine rings is 1. The van der Waals surface area contributed by atoms with Gasteiger partial charge in [0.1, 0.15) is 12.2 Å². The molecule has 0 spiro atoms. The molecule has 2 aromatic heterocycles. The molecule has 1 aromatic carbocycles. The molecule has 8 heteroatoms. The van der Waals surface area contributed by atoms with Gasteiger partial charge in [0.25, 0.3) is 0 Å². The highest BCUT2D eigenvalue weighted by atomic mass is 35.5. The van der Waals surface area contributed by atoms with E-state index < -0.39 is 6.67 Å². The topological polar surface area (TPSA) is 104 Å². The summed E-state index contributed by atoms with van der Waals surface area (Å²) in [6, 6.07) is 10.3. The smallest absolute Gasteiger partial charge is 0.207 e. The second kappa shape index (κ2) is 7.05. The van der Waals surface area contributed by atoms with Gasteiger partial charge in [-0.2, -0.15) is 0 Å². The lowest BCUT2D eigenvalue weighted by Gasteiger charge is -2.15. The van der Waals surface area contributed by atoms with Crippen LogP contribution in [0.4, 0.5) is 10.3 Å². The van der Waals surface area contributed by atoms with Crippen LogP contribution in [0.5, 0.6) is 0 Å². The molecule has 0 atom stereocenters. The molecule has 0 radical (unpaired) electrons. The van der Waals surface area contributed by atoms with Crippen molar-refractivity contribution in [3.8, 4) is 22.4 Å². The number of nitrogens with zero attached hydrogens (tertiary/aromatic N) is 3. The summed E-state index contributed by atoms with van der Waals surface area (Å²) in [7, 11) is 0. The van der Waals surface area contributed by atoms with Crippen molar-refractivity contribution >= 4 is 23.9 Å². The van der Waals surface area contributed by atoms with Crippen LogP contribution >= 0.6 is 11.6 Å². The van der Waals surface area contributed by atoms with Crippen molar-refractivity contribution in [1.82, 2.24) is 14.5 Å². The Labute approximate surface area is 154 Å². The van der Waals surface area contributed by atoms with Crippen LogP contribution in [0.1, 0.15) is 11.4 Å². The second-order valence-electron chi connectivity index (χ2n) is 5.67. The average Bonchev–Trinajstić information content (AvgIpc) is 2.61. The summed E-state index contributed by atoms with van der Waals surface area (Å²) < 4.78 is 14.3. The lowest BCUT2D eigenvalue weighted by atomic mass is 9.99. The molecule has 2 heterocycles. The Hall–Kier alpha value is -3.06. The standard InChI is InChI=1S/C18H16ClFN6/c1-10-6-12(7-14(8-20)24-10)15-16(11-2-4-13(19)5-3-11)25-18(23)26(9-21)17(15)22/h2-7,9,21-22H,8H2,1H3,(H2,23,25). The van der Waals surface area contributed by atoms with Crippen LogP contribution in [0.25, 0.3) is 22.4 Å². The van der Waals surface area contributed by atoms with Crippen LogP contribution in [0, 0.1) is 17.7 Å². The maximum Gasteiger partial charge on any atom is 0.207 e. The zero-order chi connectivity index (χ0) is 18.8. The third kappa shape index (κ3) is 3.21. The minimum Gasteiger partial charge on any atom is -0.369 e. The van der Waals surface area contributed by atoms with E-state index in [9.17, 15) is 4.39 Å². The van der Waals surface area contributed by atoms with Crippen LogP contribution < -0.4 is 11.2 Å². The minimum absolute atomic E-state index is 0.00944. The number of nitrogens with one attached hydrogen (secondary N) is 2. The molecule has 0 unspecified atom stereocenters. The van der Waals surface area contributed by atoms with Crippen molar-refractivity contribution in [2.45, 2.75) is 13.6 Å². The van der Waals surface area contributed by atoms with Crippen molar-refractivity contribution in [1.29, 1.82) is 10.8 Å². The third-order valence-corrected chi connectivity index (χ3v) is 4.12. The number of anilines is 1. The molecule has 3 rings (SSSR count). The Balaban J connectivity index is 2.39. The molecule has 0 aliphatic rings. The predicted octanol–water partition coefficient (Wildman–Crippen LogP) is 3.56. The molecule has 0 amide bonds. The van der Waals surface area contributed by atoms with Gasteiger partial charge in [-0.15, -0.1) is 0 Å². The van der Waals surface area contributed by atoms with Crippen LogP contribution in [-0.2, 0) is 6.67 Å². The van der Waals surface area contributed by atoms with E-state index in [1.165, 1.54) is 0 Å². The molecule has 132 valence electrons. The zero-order valence-electron chi connectivity index (χ0n) is 13.9. The number of aryl methyl sites for hydroxylation is 1. The van der Waals surface area contributed by atoms with Gasteiger partial charge in [0.15, 0.2) is 0 Å². The summed E-state index contributed by atoms with van der Waals surface area (Å²) in [5, 5.41) is 16.6. The number of hydrogen-bond acceptors (Lipinski definition) is 5. The number of benzene rings is 1. The summed E-state index contributed by atoms with van der Waals surface area (Å²) in [6.45, 7) is 1.04. The SMILES string of the molecule is Cc1cc(-c2c(-c3ccc(Cl)cc3)nc(N)n(C=N)c2=N)cc(CF)n1. The molecule has 0 aliphatic heterocycles. The van der Waals surface area contributed by atoms with Gasteiger partial charge in [0.05, 0.1) is 23.3 Å². The molecule has 6 nitrogen and oxygen atoms in total. The number of halogens is 2. The van der Waals surface area contributed by atoms with Crippen LogP contribution in [0.2, 0.25) is 5.02 Å². The quantitative estimate of drug-likeness (QED) is 0.483. The van der Waals surface area contributed by atoms with E-state index in [2.05, 4.69) is 9.97 Å². The van der Waals surface area contributed by atoms with E-state index in [1.54, 1.807) is 43.3 Å². The van der Waals surface area contributed by atoms with Crippen molar-refractivity contribution in [2.24, 2.45) is 0 Å². The maximum atomic E-state index is 13.2. The number of rotatable bonds is 4. The van der Waals surface area contributed by atoms with E-state index >= 15 is 0 Å². The fourth-order valence-corrected chi connectivity index (χ4v) is 2.87. The third-order valence-electron chi connectivity index (χ3n) is 3.87. The summed E-state index contributed by atoms with van der Waals surface area (Å²) in [6.07, 6.45) is 0.921. The lowest BCUT2D eigenvalue weighted by Crippen LogP contribution is -2.26. The fraction of sp³-hybridized carbons (Fsp3) is 0.111. The van der Waals surface area contributed by atoms with Crippen molar-refractivity contribution < 1.29 is 4.39 Å². The largest absolute Gasteiger partial charge is 0.369 e. The Bertz CT molecular complexity index is 1040.